The van der Waals surface area contributed by atoms with Crippen LogP contribution in [0.3, 0.4) is 0 Å². The molecule has 0 amide bonds. The molecule has 1 aliphatic heterocycles. The van der Waals surface area contributed by atoms with Crippen LogP contribution in [0.4, 0.5) is 5.69 Å². The van der Waals surface area contributed by atoms with Crippen LogP contribution < -0.4 is 5.73 Å². The Morgan fingerprint density at radius 2 is 1.94 bits per heavy atom. The van der Waals surface area contributed by atoms with E-state index in [1.54, 1.807) is 0 Å². The van der Waals surface area contributed by atoms with Crippen LogP contribution in [0.5, 0.6) is 0 Å². The molecule has 4 rings (SSSR count). The van der Waals surface area contributed by atoms with Crippen molar-refractivity contribution in [2.75, 3.05) is 12.3 Å². The van der Waals surface area contributed by atoms with E-state index >= 15 is 0 Å². The maximum atomic E-state index is 5.86. The molecule has 2 saturated carbocycles. The van der Waals surface area contributed by atoms with Gasteiger partial charge in [-0.15, -0.1) is 0 Å². The van der Waals surface area contributed by atoms with Crippen LogP contribution >= 0.6 is 0 Å². The van der Waals surface area contributed by atoms with Crippen molar-refractivity contribution in [1.82, 2.24) is 4.90 Å². The van der Waals surface area contributed by atoms with Crippen molar-refractivity contribution in [3.05, 3.63) is 29.3 Å². The SMILES string of the molecule is Nc1ccc2c(c1)CN(CC1(C3CC3)CC1)C2. The molecule has 0 aromatic heterocycles. The highest BCUT2D eigenvalue weighted by atomic mass is 15.2. The lowest BCUT2D eigenvalue weighted by atomic mass is 10.0. The molecule has 2 aliphatic carbocycles. The van der Waals surface area contributed by atoms with E-state index in [0.29, 0.717) is 0 Å². The maximum absolute atomic E-state index is 5.86. The Bertz CT molecular complexity index is 458. The van der Waals surface area contributed by atoms with Gasteiger partial charge < -0.3 is 5.73 Å². The monoisotopic (exact) mass is 228 g/mol. The molecule has 2 N–H and O–H groups in total. The number of nitrogens with two attached hydrogens (primary N) is 1. The molecule has 1 aromatic carbocycles. The number of benzene rings is 1. The van der Waals surface area contributed by atoms with Crippen LogP contribution in [-0.2, 0) is 13.1 Å². The Hall–Kier alpha value is -1.02. The molecule has 2 heteroatoms. The predicted octanol–water partition coefficient (Wildman–Crippen LogP) is 2.77. The minimum atomic E-state index is 0.730. The first-order valence-electron chi connectivity index (χ1n) is 6.85. The van der Waals surface area contributed by atoms with Gasteiger partial charge in [-0.2, -0.15) is 0 Å². The Kier molecular flexibility index (Phi) is 1.91. The van der Waals surface area contributed by atoms with E-state index in [9.17, 15) is 0 Å². The topological polar surface area (TPSA) is 29.3 Å². The van der Waals surface area contributed by atoms with Crippen molar-refractivity contribution in [1.29, 1.82) is 0 Å². The van der Waals surface area contributed by atoms with Crippen molar-refractivity contribution < 1.29 is 0 Å². The smallest absolute Gasteiger partial charge is 0.0317 e. The summed E-state index contributed by atoms with van der Waals surface area (Å²) in [5, 5.41) is 0. The summed E-state index contributed by atoms with van der Waals surface area (Å²) >= 11 is 0. The van der Waals surface area contributed by atoms with E-state index in [1.807, 2.05) is 6.07 Å². The lowest BCUT2D eigenvalue weighted by Crippen LogP contribution is -2.26. The van der Waals surface area contributed by atoms with Crippen LogP contribution in [0.1, 0.15) is 36.8 Å². The van der Waals surface area contributed by atoms with Crippen LogP contribution in [0, 0.1) is 11.3 Å². The number of anilines is 1. The molecule has 90 valence electrons. The van der Waals surface area contributed by atoms with Gasteiger partial charge in [0.25, 0.3) is 0 Å². The summed E-state index contributed by atoms with van der Waals surface area (Å²) in [5.41, 5.74) is 10.4. The van der Waals surface area contributed by atoms with Crippen molar-refractivity contribution in [3.8, 4) is 0 Å². The number of fused-ring (bicyclic) bond motifs is 1. The third-order valence-corrected chi connectivity index (χ3v) is 4.89. The number of nitrogens with zero attached hydrogens (tertiary/aromatic N) is 1. The minimum Gasteiger partial charge on any atom is -0.399 e. The molecular formula is C15H20N2. The van der Waals surface area contributed by atoms with Crippen molar-refractivity contribution in [3.63, 3.8) is 0 Å². The fourth-order valence-corrected chi connectivity index (χ4v) is 3.59. The number of nitrogen functional groups attached to an aromatic ring is 1. The zero-order chi connectivity index (χ0) is 11.5. The van der Waals surface area contributed by atoms with Gasteiger partial charge in [0.15, 0.2) is 0 Å². The Balaban J connectivity index is 1.49. The Morgan fingerprint density at radius 1 is 1.18 bits per heavy atom. The first kappa shape index (κ1) is 9.95. The van der Waals surface area contributed by atoms with Crippen LogP contribution in [0.25, 0.3) is 0 Å². The Morgan fingerprint density at radius 3 is 2.65 bits per heavy atom. The normalized spacial score (nSPS) is 25.9. The van der Waals surface area contributed by atoms with Gasteiger partial charge in [0, 0.05) is 25.3 Å². The number of hydrogen-bond acceptors (Lipinski definition) is 2. The van der Waals surface area contributed by atoms with Gasteiger partial charge in [0.1, 0.15) is 0 Å². The molecule has 0 saturated heterocycles. The molecule has 0 bridgehead atoms. The molecule has 2 nitrogen and oxygen atoms in total. The van der Waals surface area contributed by atoms with Gasteiger partial charge in [0.05, 0.1) is 0 Å². The summed E-state index contributed by atoms with van der Waals surface area (Å²) in [4.78, 5) is 2.63. The summed E-state index contributed by atoms with van der Waals surface area (Å²) < 4.78 is 0. The second-order valence-electron chi connectivity index (χ2n) is 6.31. The number of rotatable bonds is 3. The quantitative estimate of drug-likeness (QED) is 0.806. The second kappa shape index (κ2) is 3.26. The fourth-order valence-electron chi connectivity index (χ4n) is 3.59. The molecule has 1 heterocycles. The molecule has 3 aliphatic rings. The van der Waals surface area contributed by atoms with Gasteiger partial charge in [-0.1, -0.05) is 6.07 Å². The molecule has 17 heavy (non-hydrogen) atoms. The lowest BCUT2D eigenvalue weighted by molar-refractivity contribution is 0.207. The first-order chi connectivity index (χ1) is 8.25. The third-order valence-electron chi connectivity index (χ3n) is 4.89. The highest BCUT2D eigenvalue weighted by Crippen LogP contribution is 2.61. The fraction of sp³-hybridized carbons (Fsp3) is 0.600. The highest BCUT2D eigenvalue weighted by Gasteiger charge is 2.54. The lowest BCUT2D eigenvalue weighted by Gasteiger charge is -2.22. The molecule has 0 atom stereocenters. The zero-order valence-corrected chi connectivity index (χ0v) is 10.3. The highest BCUT2D eigenvalue weighted by molar-refractivity contribution is 5.46. The summed E-state index contributed by atoms with van der Waals surface area (Å²) in [6, 6.07) is 6.41. The molecular weight excluding hydrogens is 208 g/mol. The summed E-state index contributed by atoms with van der Waals surface area (Å²) in [7, 11) is 0. The summed E-state index contributed by atoms with van der Waals surface area (Å²) in [5.74, 6) is 1.07. The molecule has 0 unspecified atom stereocenters. The van der Waals surface area contributed by atoms with Crippen molar-refractivity contribution >= 4 is 5.69 Å². The maximum Gasteiger partial charge on any atom is 0.0317 e. The largest absolute Gasteiger partial charge is 0.399 e. The van der Waals surface area contributed by atoms with Gasteiger partial charge in [-0.25, -0.2) is 0 Å². The van der Waals surface area contributed by atoms with Crippen LogP contribution in [0.15, 0.2) is 18.2 Å². The summed E-state index contributed by atoms with van der Waals surface area (Å²) in [6.45, 7) is 3.59. The van der Waals surface area contributed by atoms with Crippen LogP contribution in [0.2, 0.25) is 0 Å². The Labute approximate surface area is 103 Å². The predicted molar refractivity (Wildman–Crippen MR) is 69.4 cm³/mol. The first-order valence-corrected chi connectivity index (χ1v) is 6.85. The molecule has 2 fully saturated rings. The van der Waals surface area contributed by atoms with Gasteiger partial charge >= 0.3 is 0 Å². The standard InChI is InChI=1S/C15H20N2/c16-14-4-1-11-8-17(9-12(11)7-14)10-15(5-6-15)13-2-3-13/h1,4,7,13H,2-3,5-6,8-10,16H2. The average Bonchev–Trinajstić information content (AvgIpc) is 3.15. The van der Waals surface area contributed by atoms with E-state index in [2.05, 4.69) is 17.0 Å². The van der Waals surface area contributed by atoms with Gasteiger partial charge in [-0.05, 0) is 60.3 Å². The van der Waals surface area contributed by atoms with Crippen LogP contribution in [-0.4, -0.2) is 11.4 Å². The van der Waals surface area contributed by atoms with Gasteiger partial charge in [0.2, 0.25) is 0 Å². The van der Waals surface area contributed by atoms with E-state index in [0.717, 1.165) is 30.1 Å². The average molecular weight is 228 g/mol. The molecule has 0 radical (unpaired) electrons. The molecule has 1 aromatic rings. The van der Waals surface area contributed by atoms with E-state index in [1.165, 1.54) is 43.4 Å². The van der Waals surface area contributed by atoms with Gasteiger partial charge in [-0.3, -0.25) is 4.90 Å². The minimum absolute atomic E-state index is 0.730. The number of hydrogen-bond donors (Lipinski definition) is 1. The van der Waals surface area contributed by atoms with E-state index in [-0.39, 0.29) is 0 Å². The van der Waals surface area contributed by atoms with E-state index < -0.39 is 0 Å². The second-order valence-corrected chi connectivity index (χ2v) is 6.31. The molecule has 0 spiro atoms. The third kappa shape index (κ3) is 1.66. The van der Waals surface area contributed by atoms with Crippen molar-refractivity contribution in [2.45, 2.75) is 38.8 Å². The van der Waals surface area contributed by atoms with Crippen molar-refractivity contribution in [2.24, 2.45) is 11.3 Å². The van der Waals surface area contributed by atoms with E-state index in [4.69, 9.17) is 5.73 Å². The summed E-state index contributed by atoms with van der Waals surface area (Å²) in [6.07, 6.45) is 5.95. The zero-order valence-electron chi connectivity index (χ0n) is 10.3.